The second-order valence-corrected chi connectivity index (χ2v) is 7.69. The molecule has 1 aromatic carbocycles. The van der Waals surface area contributed by atoms with Crippen LogP contribution in [0.25, 0.3) is 22.3 Å². The molecule has 3 aromatic heterocycles. The zero-order valence-corrected chi connectivity index (χ0v) is 17.3. The number of nitrogens with two attached hydrogens (primary N) is 1. The number of nitrogen functional groups attached to an aromatic ring is 1. The highest BCUT2D eigenvalue weighted by Gasteiger charge is 2.35. The van der Waals surface area contributed by atoms with E-state index in [-0.39, 0.29) is 12.2 Å². The maximum atomic E-state index is 13.4. The van der Waals surface area contributed by atoms with Crippen LogP contribution < -0.4 is 10.6 Å². The highest BCUT2D eigenvalue weighted by atomic mass is 19.4. The molecule has 0 saturated carbocycles. The number of rotatable bonds is 2. The maximum Gasteiger partial charge on any atom is 0.416 e. The third-order valence-corrected chi connectivity index (χ3v) is 5.42. The molecule has 33 heavy (non-hydrogen) atoms. The zero-order valence-electron chi connectivity index (χ0n) is 17.3. The number of nitrogens with zero attached hydrogens (tertiary/aromatic N) is 5. The first-order valence-corrected chi connectivity index (χ1v) is 9.95. The first kappa shape index (κ1) is 20.7. The Morgan fingerprint density at radius 2 is 1.85 bits per heavy atom. The Balaban J connectivity index is 1.74. The Bertz CT molecular complexity index is 1390. The summed E-state index contributed by atoms with van der Waals surface area (Å²) >= 11 is 0. The number of carbonyl (C=O) groups excluding carboxylic acids is 1. The number of amides is 2. The van der Waals surface area contributed by atoms with Crippen molar-refractivity contribution in [1.29, 1.82) is 0 Å². The number of benzene rings is 1. The van der Waals surface area contributed by atoms with Crippen LogP contribution in [0, 0.1) is 0 Å². The van der Waals surface area contributed by atoms with Gasteiger partial charge in [0.2, 0.25) is 0 Å². The standard InChI is InChI=1S/C23H17F3N6O/c1-31-12-14-11-28-18-7-6-17(13-5-8-19(27)29-10-13)30-20(18)21(14)32(22(31)33)16-4-2-3-15(9-16)23(24,25)26/h2-11H,12H2,1H3,(H2,27,29). The molecule has 1 aliphatic rings. The van der Waals surface area contributed by atoms with Crippen molar-refractivity contribution in [3.8, 4) is 11.3 Å². The molecule has 0 radical (unpaired) electrons. The van der Waals surface area contributed by atoms with E-state index in [1.807, 2.05) is 0 Å². The molecule has 0 spiro atoms. The lowest BCUT2D eigenvalue weighted by Gasteiger charge is -2.35. The molecule has 0 bridgehead atoms. The van der Waals surface area contributed by atoms with Gasteiger partial charge in [0, 0.05) is 30.6 Å². The molecule has 2 N–H and O–H groups in total. The van der Waals surface area contributed by atoms with Crippen molar-refractivity contribution in [3.63, 3.8) is 0 Å². The van der Waals surface area contributed by atoms with E-state index in [4.69, 9.17) is 10.7 Å². The lowest BCUT2D eigenvalue weighted by molar-refractivity contribution is -0.137. The van der Waals surface area contributed by atoms with Gasteiger partial charge in [-0.15, -0.1) is 0 Å². The fourth-order valence-electron chi connectivity index (χ4n) is 3.82. The van der Waals surface area contributed by atoms with Gasteiger partial charge in [-0.2, -0.15) is 13.2 Å². The Hall–Kier alpha value is -4.21. The van der Waals surface area contributed by atoms with E-state index >= 15 is 0 Å². The monoisotopic (exact) mass is 450 g/mol. The van der Waals surface area contributed by atoms with Gasteiger partial charge in [-0.1, -0.05) is 6.07 Å². The molecule has 0 fully saturated rings. The molecule has 166 valence electrons. The smallest absolute Gasteiger partial charge is 0.384 e. The van der Waals surface area contributed by atoms with E-state index in [2.05, 4.69) is 9.97 Å². The van der Waals surface area contributed by atoms with Gasteiger partial charge in [-0.05, 0) is 42.5 Å². The molecule has 2 amide bonds. The van der Waals surface area contributed by atoms with Gasteiger partial charge in [0.1, 0.15) is 11.3 Å². The van der Waals surface area contributed by atoms with E-state index < -0.39 is 17.8 Å². The number of urea groups is 1. The topological polar surface area (TPSA) is 88.2 Å². The quantitative estimate of drug-likeness (QED) is 0.465. The number of fused-ring (bicyclic) bond motifs is 3. The van der Waals surface area contributed by atoms with Gasteiger partial charge in [0.05, 0.1) is 34.7 Å². The summed E-state index contributed by atoms with van der Waals surface area (Å²) in [7, 11) is 1.58. The number of alkyl halides is 3. The van der Waals surface area contributed by atoms with Gasteiger partial charge in [-0.25, -0.2) is 14.8 Å². The second-order valence-electron chi connectivity index (χ2n) is 7.69. The predicted molar refractivity (Wildman–Crippen MR) is 118 cm³/mol. The Labute approximate surface area is 186 Å². The van der Waals surface area contributed by atoms with E-state index in [9.17, 15) is 18.0 Å². The summed E-state index contributed by atoms with van der Waals surface area (Å²) in [6.45, 7) is 0.252. The van der Waals surface area contributed by atoms with E-state index in [0.29, 0.717) is 39.4 Å². The van der Waals surface area contributed by atoms with Gasteiger partial charge >= 0.3 is 12.2 Å². The molecule has 5 rings (SSSR count). The Kier molecular flexibility index (Phi) is 4.66. The molecule has 4 aromatic rings. The normalized spacial score (nSPS) is 14.0. The number of carbonyl (C=O) groups is 1. The summed E-state index contributed by atoms with van der Waals surface area (Å²) < 4.78 is 40.1. The molecule has 7 nitrogen and oxygen atoms in total. The summed E-state index contributed by atoms with van der Waals surface area (Å²) in [4.78, 5) is 29.1. The lowest BCUT2D eigenvalue weighted by atomic mass is 10.1. The van der Waals surface area contributed by atoms with Crippen LogP contribution >= 0.6 is 0 Å². The van der Waals surface area contributed by atoms with Crippen LogP contribution in [0.3, 0.4) is 0 Å². The molecule has 0 saturated heterocycles. The van der Waals surface area contributed by atoms with Crippen molar-refractivity contribution in [2.24, 2.45) is 0 Å². The summed E-state index contributed by atoms with van der Waals surface area (Å²) in [6.07, 6.45) is -1.35. The number of pyridine rings is 3. The SMILES string of the molecule is CN1Cc2cnc3ccc(-c4ccc(N)nc4)nc3c2N(c2cccc(C(F)(F)F)c2)C1=O. The lowest BCUT2D eigenvalue weighted by Crippen LogP contribution is -2.42. The highest BCUT2D eigenvalue weighted by molar-refractivity contribution is 6.08. The van der Waals surface area contributed by atoms with E-state index in [1.54, 1.807) is 43.7 Å². The van der Waals surface area contributed by atoms with Crippen LogP contribution in [0.1, 0.15) is 11.1 Å². The molecular weight excluding hydrogens is 433 g/mol. The Morgan fingerprint density at radius 1 is 1.03 bits per heavy atom. The van der Waals surface area contributed by atoms with E-state index in [0.717, 1.165) is 12.1 Å². The van der Waals surface area contributed by atoms with Crippen molar-refractivity contribution in [2.75, 3.05) is 17.7 Å². The minimum Gasteiger partial charge on any atom is -0.384 e. The first-order chi connectivity index (χ1) is 15.7. The van der Waals surface area contributed by atoms with Crippen LogP contribution in [-0.2, 0) is 12.7 Å². The predicted octanol–water partition coefficient (Wildman–Crippen LogP) is 5.00. The number of hydrogen-bond donors (Lipinski definition) is 1. The number of hydrogen-bond acceptors (Lipinski definition) is 5. The minimum absolute atomic E-state index is 0.0940. The zero-order chi connectivity index (χ0) is 23.3. The Morgan fingerprint density at radius 3 is 2.58 bits per heavy atom. The molecule has 0 aliphatic carbocycles. The summed E-state index contributed by atoms with van der Waals surface area (Å²) in [5.41, 5.74) is 8.18. The molecular formula is C23H17F3N6O. The molecule has 0 unspecified atom stereocenters. The van der Waals surface area contributed by atoms with Gasteiger partial charge < -0.3 is 10.6 Å². The summed E-state index contributed by atoms with van der Waals surface area (Å²) in [6, 6.07) is 11.1. The molecule has 10 heteroatoms. The van der Waals surface area contributed by atoms with Crippen molar-refractivity contribution < 1.29 is 18.0 Å². The minimum atomic E-state index is -4.54. The fourth-order valence-corrected chi connectivity index (χ4v) is 3.82. The average molecular weight is 450 g/mol. The van der Waals surface area contributed by atoms with Crippen molar-refractivity contribution in [2.45, 2.75) is 12.7 Å². The van der Waals surface area contributed by atoms with Crippen LogP contribution in [0.5, 0.6) is 0 Å². The average Bonchev–Trinajstić information content (AvgIpc) is 2.79. The largest absolute Gasteiger partial charge is 0.416 e. The fraction of sp³-hybridized carbons (Fsp3) is 0.130. The summed E-state index contributed by atoms with van der Waals surface area (Å²) in [5.74, 6) is 0.364. The van der Waals surface area contributed by atoms with Crippen molar-refractivity contribution >= 4 is 34.3 Å². The van der Waals surface area contributed by atoms with Crippen LogP contribution in [-0.4, -0.2) is 32.9 Å². The first-order valence-electron chi connectivity index (χ1n) is 9.95. The number of aromatic nitrogens is 3. The van der Waals surface area contributed by atoms with Crippen molar-refractivity contribution in [3.05, 3.63) is 72.1 Å². The van der Waals surface area contributed by atoms with Crippen LogP contribution in [0.4, 0.5) is 35.2 Å². The van der Waals surface area contributed by atoms with Crippen LogP contribution in [0.2, 0.25) is 0 Å². The van der Waals surface area contributed by atoms with Crippen LogP contribution in [0.15, 0.2) is 60.9 Å². The molecule has 4 heterocycles. The van der Waals surface area contributed by atoms with Gasteiger partial charge in [-0.3, -0.25) is 9.88 Å². The van der Waals surface area contributed by atoms with Gasteiger partial charge in [0.15, 0.2) is 0 Å². The highest BCUT2D eigenvalue weighted by Crippen LogP contribution is 2.40. The summed E-state index contributed by atoms with van der Waals surface area (Å²) in [5, 5.41) is 0. The van der Waals surface area contributed by atoms with E-state index in [1.165, 1.54) is 21.9 Å². The number of halogens is 3. The molecule has 1 aliphatic heterocycles. The van der Waals surface area contributed by atoms with Gasteiger partial charge in [0.25, 0.3) is 0 Å². The second kappa shape index (κ2) is 7.44. The third-order valence-electron chi connectivity index (χ3n) is 5.42. The third kappa shape index (κ3) is 3.59. The maximum absolute atomic E-state index is 13.4. The van der Waals surface area contributed by atoms with Crippen molar-refractivity contribution in [1.82, 2.24) is 19.9 Å². The number of anilines is 3. The molecule has 0 atom stereocenters.